The van der Waals surface area contributed by atoms with Gasteiger partial charge in [0.05, 0.1) is 6.20 Å². The van der Waals surface area contributed by atoms with Gasteiger partial charge in [0, 0.05) is 57.4 Å². The van der Waals surface area contributed by atoms with Crippen molar-refractivity contribution >= 4 is 43.1 Å². The van der Waals surface area contributed by atoms with E-state index in [4.69, 9.17) is 5.73 Å². The fraction of sp³-hybridized carbons (Fsp3) is 0.750. The zero-order valence-electron chi connectivity index (χ0n) is 14.7. The highest BCUT2D eigenvalue weighted by molar-refractivity contribution is 5.86. The van der Waals surface area contributed by atoms with Gasteiger partial charge in [-0.3, -0.25) is 14.4 Å². The van der Waals surface area contributed by atoms with Crippen molar-refractivity contribution in [2.45, 2.75) is 25.8 Å². The summed E-state index contributed by atoms with van der Waals surface area (Å²) < 4.78 is 1.84. The third-order valence-corrected chi connectivity index (χ3v) is 5.13. The monoisotopic (exact) mass is 413 g/mol. The van der Waals surface area contributed by atoms with E-state index in [1.807, 2.05) is 17.9 Å². The van der Waals surface area contributed by atoms with Crippen LogP contribution in [0.4, 0.5) is 0 Å². The first-order valence-electron chi connectivity index (χ1n) is 8.36. The molecule has 1 saturated heterocycles. The maximum absolute atomic E-state index is 12.7. The molecule has 2 fully saturated rings. The minimum Gasteiger partial charge on any atom is -0.340 e. The average molecular weight is 415 g/mol. The highest BCUT2D eigenvalue weighted by Gasteiger charge is 2.35. The molecule has 0 radical (unpaired) electrons. The number of aromatic nitrogens is 2. The Kier molecular flexibility index (Phi) is 11.0. The van der Waals surface area contributed by atoms with E-state index in [2.05, 4.69) is 21.1 Å². The maximum atomic E-state index is 12.7. The minimum atomic E-state index is 0. The number of hydrogen-bond acceptors (Lipinski definition) is 4. The van der Waals surface area contributed by atoms with E-state index in [1.54, 1.807) is 0 Å². The summed E-state index contributed by atoms with van der Waals surface area (Å²) in [6, 6.07) is 0. The Morgan fingerprint density at radius 1 is 1.20 bits per heavy atom. The number of rotatable bonds is 4. The lowest BCUT2D eigenvalue weighted by Gasteiger charge is -2.36. The molecule has 0 aromatic carbocycles. The molecule has 1 aromatic rings. The van der Waals surface area contributed by atoms with E-state index in [-0.39, 0.29) is 43.1 Å². The molecular weight excluding hydrogens is 385 g/mol. The first-order chi connectivity index (χ1) is 10.7. The van der Waals surface area contributed by atoms with Crippen molar-refractivity contribution in [1.82, 2.24) is 19.6 Å². The number of nitrogens with two attached hydrogens (primary N) is 1. The standard InChI is InChI=1S/C16H27N5O.3ClH/c1-19-11-13(10-18-19)12-20-5-7-21(8-6-20)16(22)15-4-2-3-14(15)9-17;;;/h10-11,14-15H,2-9,12,17H2,1H3;3*1H/t14-,15-;;;/m1.../s1. The number of halogens is 3. The minimum absolute atomic E-state index is 0. The zero-order valence-corrected chi connectivity index (χ0v) is 17.1. The van der Waals surface area contributed by atoms with Crippen LogP contribution in [0.3, 0.4) is 0 Å². The van der Waals surface area contributed by atoms with Crippen LogP contribution in [0.15, 0.2) is 12.4 Å². The molecule has 2 heterocycles. The van der Waals surface area contributed by atoms with Crippen molar-refractivity contribution < 1.29 is 4.79 Å². The second kappa shape index (κ2) is 11.2. The molecule has 0 bridgehead atoms. The molecule has 0 unspecified atom stereocenters. The van der Waals surface area contributed by atoms with Gasteiger partial charge < -0.3 is 10.6 Å². The maximum Gasteiger partial charge on any atom is 0.226 e. The van der Waals surface area contributed by atoms with Crippen LogP contribution < -0.4 is 5.73 Å². The number of carbonyl (C=O) groups excluding carboxylic acids is 1. The predicted octanol–water partition coefficient (Wildman–Crippen LogP) is 1.70. The summed E-state index contributed by atoms with van der Waals surface area (Å²) >= 11 is 0. The summed E-state index contributed by atoms with van der Waals surface area (Å²) in [7, 11) is 1.94. The molecule has 9 heteroatoms. The molecule has 1 amide bonds. The fourth-order valence-electron chi connectivity index (χ4n) is 3.82. The van der Waals surface area contributed by atoms with Gasteiger partial charge in [0.25, 0.3) is 0 Å². The molecule has 0 spiro atoms. The Morgan fingerprint density at radius 2 is 1.88 bits per heavy atom. The lowest BCUT2D eigenvalue weighted by molar-refractivity contribution is -0.138. The second-order valence-electron chi connectivity index (χ2n) is 6.66. The van der Waals surface area contributed by atoms with Crippen molar-refractivity contribution in [3.05, 3.63) is 18.0 Å². The number of carbonyl (C=O) groups is 1. The summed E-state index contributed by atoms with van der Waals surface area (Å²) in [5.74, 6) is 0.921. The Morgan fingerprint density at radius 3 is 2.44 bits per heavy atom. The first-order valence-corrected chi connectivity index (χ1v) is 8.36. The molecule has 1 aliphatic heterocycles. The van der Waals surface area contributed by atoms with Gasteiger partial charge in [-0.1, -0.05) is 6.42 Å². The fourth-order valence-corrected chi connectivity index (χ4v) is 3.82. The second-order valence-corrected chi connectivity index (χ2v) is 6.66. The molecule has 2 aliphatic rings. The van der Waals surface area contributed by atoms with Gasteiger partial charge >= 0.3 is 0 Å². The van der Waals surface area contributed by atoms with Crippen molar-refractivity contribution in [3.8, 4) is 0 Å². The van der Waals surface area contributed by atoms with Crippen molar-refractivity contribution in [2.75, 3.05) is 32.7 Å². The normalized spacial score (nSPS) is 23.4. The first kappa shape index (κ1) is 24.5. The van der Waals surface area contributed by atoms with Gasteiger partial charge in [-0.05, 0) is 25.3 Å². The average Bonchev–Trinajstić information content (AvgIpc) is 3.16. The van der Waals surface area contributed by atoms with Crippen LogP contribution in [-0.2, 0) is 18.4 Å². The van der Waals surface area contributed by atoms with Crippen LogP contribution in [0, 0.1) is 11.8 Å². The summed E-state index contributed by atoms with van der Waals surface area (Å²) in [6.07, 6.45) is 7.27. The van der Waals surface area contributed by atoms with E-state index < -0.39 is 0 Å². The number of hydrogen-bond donors (Lipinski definition) is 1. The molecule has 1 aliphatic carbocycles. The zero-order chi connectivity index (χ0) is 15.5. The van der Waals surface area contributed by atoms with Crippen LogP contribution >= 0.6 is 37.2 Å². The lowest BCUT2D eigenvalue weighted by Crippen LogP contribution is -2.50. The van der Waals surface area contributed by atoms with Crippen molar-refractivity contribution in [3.63, 3.8) is 0 Å². The van der Waals surface area contributed by atoms with E-state index in [0.29, 0.717) is 18.4 Å². The van der Waals surface area contributed by atoms with Crippen LogP contribution in [0.1, 0.15) is 24.8 Å². The molecule has 2 N–H and O–H groups in total. The third-order valence-electron chi connectivity index (χ3n) is 5.13. The molecule has 6 nitrogen and oxygen atoms in total. The summed E-state index contributed by atoms with van der Waals surface area (Å²) in [6.45, 7) is 5.14. The highest BCUT2D eigenvalue weighted by Crippen LogP contribution is 2.32. The van der Waals surface area contributed by atoms with Gasteiger partial charge in [-0.2, -0.15) is 5.10 Å². The van der Waals surface area contributed by atoms with Crippen LogP contribution in [0.2, 0.25) is 0 Å². The van der Waals surface area contributed by atoms with E-state index in [1.165, 1.54) is 5.56 Å². The van der Waals surface area contributed by atoms with Crippen LogP contribution in [0.25, 0.3) is 0 Å². The Hall–Kier alpha value is -0.530. The van der Waals surface area contributed by atoms with E-state index in [9.17, 15) is 4.79 Å². The number of piperazine rings is 1. The smallest absolute Gasteiger partial charge is 0.226 e. The summed E-state index contributed by atoms with van der Waals surface area (Å²) in [4.78, 5) is 17.1. The molecule has 25 heavy (non-hydrogen) atoms. The largest absolute Gasteiger partial charge is 0.340 e. The van der Waals surface area contributed by atoms with Gasteiger partial charge in [-0.25, -0.2) is 0 Å². The molecular formula is C16H30Cl3N5O. The summed E-state index contributed by atoms with van der Waals surface area (Å²) in [5, 5.41) is 4.21. The van der Waals surface area contributed by atoms with Crippen LogP contribution in [-0.4, -0.2) is 58.2 Å². The Labute approximate surface area is 168 Å². The number of amides is 1. The van der Waals surface area contributed by atoms with Gasteiger partial charge in [0.15, 0.2) is 0 Å². The molecule has 1 saturated carbocycles. The SMILES string of the molecule is Cl.Cl.Cl.Cn1cc(CN2CCN(C(=O)[C@@H]3CCC[C@@H]3CN)CC2)cn1. The van der Waals surface area contributed by atoms with Crippen LogP contribution in [0.5, 0.6) is 0 Å². The summed E-state index contributed by atoms with van der Waals surface area (Å²) in [5.41, 5.74) is 7.05. The quantitative estimate of drug-likeness (QED) is 0.814. The number of nitrogens with zero attached hydrogens (tertiary/aromatic N) is 4. The van der Waals surface area contributed by atoms with Crippen molar-refractivity contribution in [1.29, 1.82) is 0 Å². The van der Waals surface area contributed by atoms with E-state index >= 15 is 0 Å². The highest BCUT2D eigenvalue weighted by atomic mass is 35.5. The van der Waals surface area contributed by atoms with E-state index in [0.717, 1.165) is 52.0 Å². The molecule has 2 atom stereocenters. The molecule has 1 aromatic heterocycles. The predicted molar refractivity (Wildman–Crippen MR) is 107 cm³/mol. The van der Waals surface area contributed by atoms with Gasteiger partial charge in [0.2, 0.25) is 5.91 Å². The topological polar surface area (TPSA) is 67.4 Å². The van der Waals surface area contributed by atoms with Crippen molar-refractivity contribution in [2.24, 2.45) is 24.6 Å². The van der Waals surface area contributed by atoms with Gasteiger partial charge in [0.1, 0.15) is 0 Å². The Balaban J connectivity index is 0.00000192. The van der Waals surface area contributed by atoms with Gasteiger partial charge in [-0.15, -0.1) is 37.2 Å². The molecule has 146 valence electrons. The Bertz CT molecular complexity index is 520. The molecule has 3 rings (SSSR count). The third kappa shape index (κ3) is 6.00. The lowest BCUT2D eigenvalue weighted by atomic mass is 9.94. The number of aryl methyl sites for hydroxylation is 1.